The number of benzene rings is 2. The van der Waals surface area contributed by atoms with Crippen LogP contribution in [-0.2, 0) is 11.3 Å². The van der Waals surface area contributed by atoms with Crippen molar-refractivity contribution in [2.24, 2.45) is 0 Å². The number of likely N-dealkylation sites (N-methyl/N-ethyl adjacent to an activating group) is 1. The smallest absolute Gasteiger partial charge is 0.227 e. The molecule has 2 aliphatic heterocycles. The van der Waals surface area contributed by atoms with Gasteiger partial charge in [-0.3, -0.25) is 4.79 Å². The van der Waals surface area contributed by atoms with E-state index in [0.717, 1.165) is 37.3 Å². The van der Waals surface area contributed by atoms with Crippen molar-refractivity contribution < 1.29 is 4.79 Å². The average molecular weight is 412 g/mol. The van der Waals surface area contributed by atoms with E-state index in [4.69, 9.17) is 23.2 Å². The zero-order valence-corrected chi connectivity index (χ0v) is 16.9. The number of hydrogen-bond acceptors (Lipinski definition) is 2. The van der Waals surface area contributed by atoms with Crippen LogP contribution in [0.4, 0.5) is 5.69 Å². The number of anilines is 1. The van der Waals surface area contributed by atoms with Gasteiger partial charge in [-0.25, -0.2) is 0 Å². The average Bonchev–Trinajstić information content (AvgIpc) is 3.01. The van der Waals surface area contributed by atoms with E-state index in [0.29, 0.717) is 16.5 Å². The van der Waals surface area contributed by atoms with Gasteiger partial charge in [-0.15, -0.1) is 12.4 Å². The Bertz CT molecular complexity index is 840. The van der Waals surface area contributed by atoms with E-state index in [1.165, 1.54) is 11.1 Å². The summed E-state index contributed by atoms with van der Waals surface area (Å²) in [4.78, 5) is 16.5. The fraction of sp³-hybridized carbons (Fsp3) is 0.350. The molecule has 6 heteroatoms. The monoisotopic (exact) mass is 410 g/mol. The van der Waals surface area contributed by atoms with Crippen molar-refractivity contribution in [1.29, 1.82) is 0 Å². The number of rotatable bonds is 2. The summed E-state index contributed by atoms with van der Waals surface area (Å²) >= 11 is 12.8. The third kappa shape index (κ3) is 3.46. The molecule has 0 aromatic heterocycles. The Kier molecular flexibility index (Phi) is 5.83. The highest BCUT2D eigenvalue weighted by molar-refractivity contribution is 6.35. The highest BCUT2D eigenvalue weighted by Crippen LogP contribution is 2.41. The molecule has 26 heavy (non-hydrogen) atoms. The molecule has 1 atom stereocenters. The fourth-order valence-electron chi connectivity index (χ4n) is 4.04. The van der Waals surface area contributed by atoms with Gasteiger partial charge in [-0.2, -0.15) is 0 Å². The van der Waals surface area contributed by atoms with Gasteiger partial charge in [0.1, 0.15) is 0 Å². The van der Waals surface area contributed by atoms with Gasteiger partial charge in [-0.1, -0.05) is 41.4 Å². The van der Waals surface area contributed by atoms with Crippen molar-refractivity contribution in [2.75, 3.05) is 25.0 Å². The maximum absolute atomic E-state index is 12.3. The number of para-hydroxylation sites is 1. The summed E-state index contributed by atoms with van der Waals surface area (Å²) in [6, 6.07) is 12.1. The maximum Gasteiger partial charge on any atom is 0.227 e. The zero-order chi connectivity index (χ0) is 17.6. The van der Waals surface area contributed by atoms with Gasteiger partial charge in [0.25, 0.3) is 0 Å². The third-order valence-corrected chi connectivity index (χ3v) is 5.72. The van der Waals surface area contributed by atoms with E-state index in [9.17, 15) is 4.79 Å². The normalized spacial score (nSPS) is 20.0. The van der Waals surface area contributed by atoms with Crippen LogP contribution in [0.2, 0.25) is 10.0 Å². The molecular formula is C20H21Cl3N2O. The van der Waals surface area contributed by atoms with Crippen LogP contribution < -0.4 is 4.90 Å². The van der Waals surface area contributed by atoms with Gasteiger partial charge < -0.3 is 9.80 Å². The molecule has 0 radical (unpaired) electrons. The highest BCUT2D eigenvalue weighted by atomic mass is 35.5. The molecule has 1 saturated heterocycles. The summed E-state index contributed by atoms with van der Waals surface area (Å²) in [5, 5.41) is 1.38. The second-order valence-electron chi connectivity index (χ2n) is 6.91. The van der Waals surface area contributed by atoms with Crippen molar-refractivity contribution in [2.45, 2.75) is 25.3 Å². The Morgan fingerprint density at radius 2 is 1.88 bits per heavy atom. The first-order chi connectivity index (χ1) is 12.0. The first-order valence-electron chi connectivity index (χ1n) is 8.60. The minimum absolute atomic E-state index is 0. The summed E-state index contributed by atoms with van der Waals surface area (Å²) in [6.45, 7) is 2.48. The lowest BCUT2D eigenvalue weighted by molar-refractivity contribution is -0.117. The molecular weight excluding hydrogens is 391 g/mol. The van der Waals surface area contributed by atoms with Crippen LogP contribution in [-0.4, -0.2) is 30.9 Å². The van der Waals surface area contributed by atoms with Gasteiger partial charge in [0, 0.05) is 47.7 Å². The number of halogens is 3. The van der Waals surface area contributed by atoms with Gasteiger partial charge in [0.05, 0.1) is 0 Å². The van der Waals surface area contributed by atoms with E-state index >= 15 is 0 Å². The lowest BCUT2D eigenvalue weighted by Crippen LogP contribution is -2.33. The molecule has 0 bridgehead atoms. The molecule has 2 aliphatic rings. The van der Waals surface area contributed by atoms with Gasteiger partial charge >= 0.3 is 0 Å². The number of nitrogens with zero attached hydrogens (tertiary/aromatic N) is 2. The molecule has 0 aliphatic carbocycles. The van der Waals surface area contributed by atoms with Crippen LogP contribution in [0.1, 0.15) is 35.4 Å². The Labute approximate surface area is 170 Å². The molecule has 0 saturated carbocycles. The highest BCUT2D eigenvalue weighted by Gasteiger charge is 2.31. The Morgan fingerprint density at radius 1 is 1.12 bits per heavy atom. The molecule has 3 nitrogen and oxygen atoms in total. The van der Waals surface area contributed by atoms with Crippen LogP contribution in [0, 0.1) is 0 Å². The second-order valence-corrected chi connectivity index (χ2v) is 7.76. The SMILES string of the molecule is CN1Cc2c(Cl)cc(Cl)cc2[C@H](c2ccccc2N2CCCC2=O)C1.Cl. The first-order valence-corrected chi connectivity index (χ1v) is 9.36. The standard InChI is InChI=1S/C20H20Cl2N2O.ClH/c1-23-11-16(15-9-13(21)10-18(22)17(15)12-23)14-5-2-3-6-19(14)24-8-4-7-20(24)25;/h2-3,5-6,9-10,16H,4,7-8,11-12H2,1H3;1H/t16-;/m0./s1. The van der Waals surface area contributed by atoms with Crippen LogP contribution in [0.5, 0.6) is 0 Å². The summed E-state index contributed by atoms with van der Waals surface area (Å²) in [7, 11) is 2.10. The summed E-state index contributed by atoms with van der Waals surface area (Å²) in [5.74, 6) is 0.357. The third-order valence-electron chi connectivity index (χ3n) is 5.17. The minimum atomic E-state index is 0. The quantitative estimate of drug-likeness (QED) is 0.685. The first kappa shape index (κ1) is 19.5. The van der Waals surface area contributed by atoms with Crippen LogP contribution in [0.3, 0.4) is 0 Å². The van der Waals surface area contributed by atoms with Crippen molar-refractivity contribution in [3.05, 3.63) is 63.1 Å². The number of hydrogen-bond donors (Lipinski definition) is 0. The lowest BCUT2D eigenvalue weighted by atomic mass is 9.83. The molecule has 1 fully saturated rings. The maximum atomic E-state index is 12.3. The molecule has 2 aromatic rings. The molecule has 4 rings (SSSR count). The largest absolute Gasteiger partial charge is 0.312 e. The predicted octanol–water partition coefficient (Wildman–Crippen LogP) is 5.12. The number of fused-ring (bicyclic) bond motifs is 1. The number of amides is 1. The summed E-state index contributed by atoms with van der Waals surface area (Å²) in [6.07, 6.45) is 1.55. The van der Waals surface area contributed by atoms with E-state index in [2.05, 4.69) is 24.1 Å². The molecule has 0 N–H and O–H groups in total. The van der Waals surface area contributed by atoms with Gasteiger partial charge in [-0.05, 0) is 48.4 Å². The van der Waals surface area contributed by atoms with Gasteiger partial charge in [0.15, 0.2) is 0 Å². The van der Waals surface area contributed by atoms with E-state index < -0.39 is 0 Å². The van der Waals surface area contributed by atoms with Crippen molar-refractivity contribution in [1.82, 2.24) is 4.90 Å². The topological polar surface area (TPSA) is 23.6 Å². The number of carbonyl (C=O) groups excluding carboxylic acids is 1. The van der Waals surface area contributed by atoms with Gasteiger partial charge in [0.2, 0.25) is 5.91 Å². The Hall–Kier alpha value is -1.26. The molecule has 138 valence electrons. The fourth-order valence-corrected chi connectivity index (χ4v) is 4.61. The molecule has 2 heterocycles. The van der Waals surface area contributed by atoms with E-state index in [-0.39, 0.29) is 24.2 Å². The molecule has 0 spiro atoms. The van der Waals surface area contributed by atoms with Crippen molar-refractivity contribution >= 4 is 47.2 Å². The molecule has 1 amide bonds. The van der Waals surface area contributed by atoms with E-state index in [1.807, 2.05) is 29.2 Å². The Balaban J connectivity index is 0.00000196. The van der Waals surface area contributed by atoms with E-state index in [1.54, 1.807) is 0 Å². The van der Waals surface area contributed by atoms with Crippen LogP contribution >= 0.6 is 35.6 Å². The lowest BCUT2D eigenvalue weighted by Gasteiger charge is -2.35. The van der Waals surface area contributed by atoms with Crippen LogP contribution in [0.15, 0.2) is 36.4 Å². The minimum Gasteiger partial charge on any atom is -0.312 e. The van der Waals surface area contributed by atoms with Crippen LogP contribution in [0.25, 0.3) is 0 Å². The summed E-state index contributed by atoms with van der Waals surface area (Å²) < 4.78 is 0. The predicted molar refractivity (Wildman–Crippen MR) is 110 cm³/mol. The zero-order valence-electron chi connectivity index (χ0n) is 14.5. The van der Waals surface area contributed by atoms with Crippen molar-refractivity contribution in [3.63, 3.8) is 0 Å². The number of carbonyl (C=O) groups is 1. The second kappa shape index (κ2) is 7.77. The molecule has 2 aromatic carbocycles. The Morgan fingerprint density at radius 3 is 2.62 bits per heavy atom. The summed E-state index contributed by atoms with van der Waals surface area (Å²) in [5.41, 5.74) is 4.50. The molecule has 0 unspecified atom stereocenters. The van der Waals surface area contributed by atoms with Crippen molar-refractivity contribution in [3.8, 4) is 0 Å².